The lowest BCUT2D eigenvalue weighted by Gasteiger charge is -2.35. The molecule has 0 spiro atoms. The van der Waals surface area contributed by atoms with E-state index in [0.29, 0.717) is 48.8 Å². The fraction of sp³-hybridized carbons (Fsp3) is 0.917. The van der Waals surface area contributed by atoms with E-state index >= 15 is 0 Å². The fourth-order valence-corrected chi connectivity index (χ4v) is 16.5. The van der Waals surface area contributed by atoms with E-state index in [2.05, 4.69) is 16.1 Å². The van der Waals surface area contributed by atoms with E-state index in [1.807, 2.05) is 18.2 Å². The van der Waals surface area contributed by atoms with Gasteiger partial charge in [-0.15, -0.1) is 0 Å². The average molecular weight is 1430 g/mol. The van der Waals surface area contributed by atoms with Crippen LogP contribution in [0.15, 0.2) is 42.0 Å². The standard InChI is InChI=1S/5C7H12O.2C6H10O.C6H12O.C5H10O2.C5H10O.2C5H8O.C4H8O.C4H6O.C3H5NO/c1-3-7-4-2-6(1)5-8-7;1-2-7-3-6(1)4-8-5-7;1-2-7-5-6(1)3-4-8-7;1-2-6-4-7(3-1)8-5-6;1-2-6-4-5-7(3-1)8-6;1-2-6-3-5(1)4-7-6;1-2-6-4-3-5(1)7-6;1-2-4-6-7-5-3-1;1-2-6-4-5-7-3-1;3*1-2-4-6-5-3-1;3*1-2-4-5-3-1/h5*6-7H,1-5H2;2*5-6H,1-4H2;1-6H2;1-5H2;1-5H2;2,4H,1,3,5H2;1-2H,3-5H2;1-4H2;1,3H,2,4H2;2H,1,3H2. The minimum atomic E-state index is 0.653. The first-order valence-electron chi connectivity index (χ1n) is 42.3. The maximum atomic E-state index is 5.60. The number of rotatable bonds is 0. The summed E-state index contributed by atoms with van der Waals surface area (Å²) in [6.07, 6.45) is 74.3. The zero-order valence-electron chi connectivity index (χ0n) is 63.7. The third kappa shape index (κ3) is 41.1. The second-order valence-corrected chi connectivity index (χ2v) is 31.3. The van der Waals surface area contributed by atoms with E-state index in [9.17, 15) is 0 Å². The lowest BCUT2D eigenvalue weighted by atomic mass is 9.85. The first-order chi connectivity index (χ1) is 50.1. The number of allylic oxidation sites excluding steroid dienone is 1. The Morgan fingerprint density at radius 2 is 0.673 bits per heavy atom. The van der Waals surface area contributed by atoms with Gasteiger partial charge in [0.15, 0.2) is 0 Å². The number of hydrogen-bond donors (Lipinski definition) is 0. The smallest absolute Gasteiger partial charge is 0.122 e. The number of oxime groups is 1. The molecule has 0 aromatic rings. The predicted octanol–water partition coefficient (Wildman–Crippen LogP) is 18.0. The highest BCUT2D eigenvalue weighted by molar-refractivity contribution is 5.57. The highest BCUT2D eigenvalue weighted by atomic mass is 16.6. The van der Waals surface area contributed by atoms with Crippen molar-refractivity contribution in [1.82, 2.24) is 0 Å². The maximum absolute atomic E-state index is 5.60. The highest BCUT2D eigenvalue weighted by Crippen LogP contribution is 2.38. The van der Waals surface area contributed by atoms with Crippen LogP contribution in [0.25, 0.3) is 0 Å². The SMILES string of the molecule is C1=CCOCC1.C1=COCC1.C1=COCCC1.C1=NOCC1.C1CC2CC1CO2.C1CC2CCC(C1)O2.C1CC2CCC(C2)O1.C1CC2CCC1CO2.C1CC2CCC1O2.C1CC2COC(C1)C2.C1CC2COCC1C2.C1CCCOCC1.C1CCOC1.C1CCOCC1.C1COCCOC1. The fourth-order valence-electron chi connectivity index (χ4n) is 16.5. The summed E-state index contributed by atoms with van der Waals surface area (Å²) >= 11 is 0. The molecule has 0 radical (unpaired) electrons. The monoisotopic (exact) mass is 1430 g/mol. The van der Waals surface area contributed by atoms with E-state index in [4.69, 9.17) is 71.1 Å². The van der Waals surface area contributed by atoms with Crippen molar-refractivity contribution in [2.75, 3.05) is 139 Å². The van der Waals surface area contributed by atoms with Crippen LogP contribution < -0.4 is 0 Å². The number of fused-ring (bicyclic) bond motifs is 15. The molecule has 101 heavy (non-hydrogen) atoms. The van der Waals surface area contributed by atoms with Gasteiger partial charge < -0.3 is 75.9 Å². The van der Waals surface area contributed by atoms with Crippen LogP contribution in [-0.4, -0.2) is 194 Å². The number of nitrogens with zero attached hydrogens (tertiary/aromatic N) is 1. The van der Waals surface area contributed by atoms with Crippen LogP contribution in [0, 0.1) is 35.5 Å². The average Bonchev–Trinajstić information content (AvgIpc) is 1.95. The molecule has 18 aliphatic heterocycles. The number of hydrogen-bond acceptors (Lipinski definition) is 17. The quantitative estimate of drug-likeness (QED) is 0.211. The third-order valence-corrected chi connectivity index (χ3v) is 22.6. The van der Waals surface area contributed by atoms with Crippen LogP contribution in [0.2, 0.25) is 0 Å². The molecule has 14 bridgehead atoms. The summed E-state index contributed by atoms with van der Waals surface area (Å²) in [5, 5.41) is 3.46. The Morgan fingerprint density at radius 3 is 1.00 bits per heavy atom. The van der Waals surface area contributed by atoms with Gasteiger partial charge in [-0.25, -0.2) is 0 Å². The molecule has 10 atom stereocenters. The topological polar surface area (TPSA) is 160 Å². The minimum Gasteiger partial charge on any atom is -0.502 e. The molecular formula is C84H147NO16. The molecule has 0 amide bonds. The van der Waals surface area contributed by atoms with Crippen molar-refractivity contribution in [3.05, 3.63) is 36.8 Å². The van der Waals surface area contributed by atoms with Gasteiger partial charge in [0.2, 0.25) is 0 Å². The highest BCUT2D eigenvalue weighted by Gasteiger charge is 2.34. The Morgan fingerprint density at radius 1 is 0.228 bits per heavy atom. The normalized spacial score (nSPS) is 34.8. The van der Waals surface area contributed by atoms with Crippen molar-refractivity contribution in [3.8, 4) is 0 Å². The summed E-state index contributed by atoms with van der Waals surface area (Å²) in [7, 11) is 0. The summed E-state index contributed by atoms with van der Waals surface area (Å²) in [5.41, 5.74) is 0. The summed E-state index contributed by atoms with van der Waals surface area (Å²) in [5.74, 6) is 5.73. The molecule has 5 saturated carbocycles. The zero-order chi connectivity index (χ0) is 69.6. The predicted molar refractivity (Wildman–Crippen MR) is 401 cm³/mol. The second kappa shape index (κ2) is 57.0. The molecule has 17 nitrogen and oxygen atoms in total. The van der Waals surface area contributed by atoms with Crippen molar-refractivity contribution < 1.29 is 75.9 Å². The molecule has 23 aliphatic rings. The van der Waals surface area contributed by atoms with Crippen LogP contribution >= 0.6 is 0 Å². The molecule has 0 aromatic heterocycles. The molecule has 19 fully saturated rings. The summed E-state index contributed by atoms with van der Waals surface area (Å²) in [4.78, 5) is 4.51. The van der Waals surface area contributed by atoms with E-state index in [-0.39, 0.29) is 0 Å². The first kappa shape index (κ1) is 84.4. The van der Waals surface area contributed by atoms with E-state index < -0.39 is 0 Å². The van der Waals surface area contributed by atoms with E-state index in [1.165, 1.54) is 244 Å². The van der Waals surface area contributed by atoms with Gasteiger partial charge >= 0.3 is 0 Å². The third-order valence-electron chi connectivity index (χ3n) is 22.6. The minimum absolute atomic E-state index is 0.653. The van der Waals surface area contributed by atoms with Crippen molar-refractivity contribution in [3.63, 3.8) is 0 Å². The van der Waals surface area contributed by atoms with Gasteiger partial charge in [-0.2, -0.15) is 0 Å². The van der Waals surface area contributed by atoms with Crippen LogP contribution in [0.3, 0.4) is 0 Å². The van der Waals surface area contributed by atoms with E-state index in [1.54, 1.807) is 18.7 Å². The van der Waals surface area contributed by atoms with Crippen LogP contribution in [0.1, 0.15) is 270 Å². The molecule has 5 aliphatic carbocycles. The molecule has 0 aromatic carbocycles. The van der Waals surface area contributed by atoms with Gasteiger partial charge in [0, 0.05) is 112 Å². The van der Waals surface area contributed by atoms with Gasteiger partial charge in [-0.05, 0) is 285 Å². The Bertz CT molecular complexity index is 1660. The molecule has 18 heterocycles. The molecule has 17 heteroatoms. The van der Waals surface area contributed by atoms with E-state index in [0.717, 1.165) is 200 Å². The van der Waals surface area contributed by atoms with Crippen LogP contribution in [0.4, 0.5) is 0 Å². The van der Waals surface area contributed by atoms with Gasteiger partial charge in [0.1, 0.15) is 6.61 Å². The van der Waals surface area contributed by atoms with Gasteiger partial charge in [-0.3, -0.25) is 0 Å². The molecule has 0 N–H and O–H groups in total. The van der Waals surface area contributed by atoms with Gasteiger partial charge in [0.05, 0.1) is 101 Å². The lowest BCUT2D eigenvalue weighted by Crippen LogP contribution is -2.32. The summed E-state index contributed by atoms with van der Waals surface area (Å²) in [6, 6.07) is 0. The van der Waals surface area contributed by atoms with Crippen molar-refractivity contribution in [1.29, 1.82) is 0 Å². The maximum Gasteiger partial charge on any atom is 0.122 e. The molecule has 23 rings (SSSR count). The molecule has 584 valence electrons. The van der Waals surface area contributed by atoms with Crippen LogP contribution in [-0.2, 0) is 75.9 Å². The van der Waals surface area contributed by atoms with Crippen LogP contribution in [0.5, 0.6) is 0 Å². The second-order valence-electron chi connectivity index (χ2n) is 31.3. The van der Waals surface area contributed by atoms with Crippen molar-refractivity contribution in [2.45, 2.75) is 319 Å². The van der Waals surface area contributed by atoms with Gasteiger partial charge in [-0.1, -0.05) is 36.6 Å². The lowest BCUT2D eigenvalue weighted by molar-refractivity contribution is -0.0615. The Hall–Kier alpha value is -2.23. The Balaban J connectivity index is 0.000000138. The Labute approximate surface area is 614 Å². The van der Waals surface area contributed by atoms with Crippen molar-refractivity contribution in [2.24, 2.45) is 40.7 Å². The van der Waals surface area contributed by atoms with Gasteiger partial charge in [0.25, 0.3) is 0 Å². The molecule has 10 unspecified atom stereocenters. The summed E-state index contributed by atoms with van der Waals surface area (Å²) in [6.45, 7) is 19.9. The largest absolute Gasteiger partial charge is 0.502 e. The number of ether oxygens (including phenoxy) is 15. The molecular weight excluding hydrogens is 1280 g/mol. The zero-order valence-corrected chi connectivity index (χ0v) is 63.7. The summed E-state index contributed by atoms with van der Waals surface area (Å²) < 4.78 is 78.2. The first-order valence-corrected chi connectivity index (χ1v) is 42.3. The van der Waals surface area contributed by atoms with Crippen molar-refractivity contribution >= 4 is 6.21 Å². The Kier molecular flexibility index (Phi) is 47.6. The molecule has 14 saturated heterocycles.